The summed E-state index contributed by atoms with van der Waals surface area (Å²) in [5.74, 6) is 1.82. The minimum absolute atomic E-state index is 0.0271. The topological polar surface area (TPSA) is 45.2 Å². The Morgan fingerprint density at radius 3 is 2.48 bits per heavy atom. The first-order valence-corrected chi connectivity index (χ1v) is 11.1. The number of carbonyl (C=O) groups excluding carboxylic acids is 1. The van der Waals surface area contributed by atoms with Crippen LogP contribution in [0.25, 0.3) is 0 Å². The van der Waals surface area contributed by atoms with Gasteiger partial charge in [-0.05, 0) is 49.4 Å². The maximum Gasteiger partial charge on any atom is 0.227 e. The van der Waals surface area contributed by atoms with Gasteiger partial charge in [0.05, 0.1) is 19.6 Å². The summed E-state index contributed by atoms with van der Waals surface area (Å²) in [6.07, 6.45) is 0.380. The minimum Gasteiger partial charge on any atom is -0.497 e. The molecule has 0 spiro atoms. The molecule has 0 radical (unpaired) electrons. The molecule has 0 unspecified atom stereocenters. The molecule has 0 bridgehead atoms. The summed E-state index contributed by atoms with van der Waals surface area (Å²) < 4.78 is 11.3. The first kappa shape index (κ1) is 21.7. The first-order valence-electron chi connectivity index (χ1n) is 11.1. The Balaban J connectivity index is 1.45. The molecule has 166 valence electrons. The zero-order valence-corrected chi connectivity index (χ0v) is 18.8. The van der Waals surface area contributed by atoms with Gasteiger partial charge in [-0.15, -0.1) is 0 Å². The maximum absolute atomic E-state index is 13.2. The van der Waals surface area contributed by atoms with Gasteiger partial charge in [0.2, 0.25) is 5.91 Å². The Hall–Kier alpha value is -2.57. The van der Waals surface area contributed by atoms with Crippen LogP contribution in [-0.2, 0) is 24.3 Å². The molecule has 1 saturated heterocycles. The van der Waals surface area contributed by atoms with Gasteiger partial charge in [0.25, 0.3) is 0 Å². The lowest BCUT2D eigenvalue weighted by molar-refractivity contribution is -0.133. The molecule has 2 aromatic rings. The fourth-order valence-electron chi connectivity index (χ4n) is 4.25. The van der Waals surface area contributed by atoms with E-state index in [1.165, 1.54) is 5.56 Å². The molecule has 0 saturated carbocycles. The first-order chi connectivity index (χ1) is 15.0. The highest BCUT2D eigenvalue weighted by Gasteiger charge is 2.26. The van der Waals surface area contributed by atoms with Crippen LogP contribution in [0.1, 0.15) is 23.6 Å². The molecular formula is C25H33N3O3. The summed E-state index contributed by atoms with van der Waals surface area (Å²) in [6.45, 7) is 8.50. The zero-order chi connectivity index (χ0) is 21.8. The number of hydrogen-bond donors (Lipinski definition) is 0. The number of rotatable bonds is 5. The Labute approximate surface area is 185 Å². The van der Waals surface area contributed by atoms with Crippen LogP contribution in [0.15, 0.2) is 42.5 Å². The number of methoxy groups -OCH3 is 1. The van der Waals surface area contributed by atoms with Crippen molar-refractivity contribution in [3.8, 4) is 11.5 Å². The van der Waals surface area contributed by atoms with Gasteiger partial charge in [0.1, 0.15) is 18.1 Å². The third-order valence-electron chi connectivity index (χ3n) is 6.31. The quantitative estimate of drug-likeness (QED) is 0.740. The normalized spacial score (nSPS) is 20.0. The van der Waals surface area contributed by atoms with E-state index in [-0.39, 0.29) is 11.9 Å². The van der Waals surface area contributed by atoms with E-state index in [2.05, 4.69) is 42.0 Å². The highest BCUT2D eigenvalue weighted by atomic mass is 16.5. The number of nitrogens with zero attached hydrogens (tertiary/aromatic N) is 3. The van der Waals surface area contributed by atoms with Crippen LogP contribution in [0.5, 0.6) is 11.5 Å². The summed E-state index contributed by atoms with van der Waals surface area (Å²) in [4.78, 5) is 20.0. The van der Waals surface area contributed by atoms with Gasteiger partial charge in [-0.2, -0.15) is 0 Å². The van der Waals surface area contributed by atoms with Crippen molar-refractivity contribution in [3.63, 3.8) is 0 Å². The van der Waals surface area contributed by atoms with Gasteiger partial charge in [-0.25, -0.2) is 0 Å². The van der Waals surface area contributed by atoms with E-state index in [1.807, 2.05) is 29.2 Å². The van der Waals surface area contributed by atoms with Gasteiger partial charge >= 0.3 is 0 Å². The Morgan fingerprint density at radius 2 is 1.77 bits per heavy atom. The Kier molecular flexibility index (Phi) is 6.78. The molecule has 0 aromatic heterocycles. The number of hydrogen-bond acceptors (Lipinski definition) is 5. The van der Waals surface area contributed by atoms with Crippen LogP contribution in [-0.4, -0.2) is 73.6 Å². The fourth-order valence-corrected chi connectivity index (χ4v) is 4.25. The average Bonchev–Trinajstić information content (AvgIpc) is 2.94. The van der Waals surface area contributed by atoms with E-state index < -0.39 is 0 Å². The average molecular weight is 424 g/mol. The standard InChI is InChI=1S/C25H33N3O3/c1-19-18-31-24-9-6-21(16-27-12-10-26(2)11-13-27)14-22(24)17-28(19)25(29)15-20-4-7-23(30-3)8-5-20/h4-9,14,19H,10-13,15-18H2,1-3H3/t19-/m0/s1. The van der Waals surface area contributed by atoms with E-state index in [9.17, 15) is 4.79 Å². The number of fused-ring (bicyclic) bond motifs is 1. The molecule has 0 aliphatic carbocycles. The molecule has 6 heteroatoms. The highest BCUT2D eigenvalue weighted by Crippen LogP contribution is 2.27. The van der Waals surface area contributed by atoms with Crippen molar-refractivity contribution in [1.29, 1.82) is 0 Å². The number of benzene rings is 2. The molecular weight excluding hydrogens is 390 g/mol. The van der Waals surface area contributed by atoms with Crippen molar-refractivity contribution in [2.45, 2.75) is 32.5 Å². The summed E-state index contributed by atoms with van der Waals surface area (Å²) in [5.41, 5.74) is 3.37. The fraction of sp³-hybridized carbons (Fsp3) is 0.480. The van der Waals surface area contributed by atoms with E-state index in [1.54, 1.807) is 7.11 Å². The molecule has 0 N–H and O–H groups in total. The third kappa shape index (κ3) is 5.38. The second-order valence-electron chi connectivity index (χ2n) is 8.73. The minimum atomic E-state index is 0.0271. The van der Waals surface area contributed by atoms with Crippen LogP contribution in [0.4, 0.5) is 0 Å². The largest absolute Gasteiger partial charge is 0.497 e. The van der Waals surface area contributed by atoms with Gasteiger partial charge in [0, 0.05) is 44.8 Å². The Bertz CT molecular complexity index is 891. The lowest BCUT2D eigenvalue weighted by Crippen LogP contribution is -2.43. The van der Waals surface area contributed by atoms with Gasteiger partial charge in [-0.3, -0.25) is 9.69 Å². The summed E-state index contributed by atoms with van der Waals surface area (Å²) >= 11 is 0. The Morgan fingerprint density at radius 1 is 1.06 bits per heavy atom. The monoisotopic (exact) mass is 423 g/mol. The number of carbonyl (C=O) groups is 1. The van der Waals surface area contributed by atoms with Crippen molar-refractivity contribution in [3.05, 3.63) is 59.2 Å². The predicted octanol–water partition coefficient (Wildman–Crippen LogP) is 2.79. The number of ether oxygens (including phenoxy) is 2. The second-order valence-corrected chi connectivity index (χ2v) is 8.73. The molecule has 2 aromatic carbocycles. The molecule has 2 aliphatic rings. The summed E-state index contributed by atoms with van der Waals surface area (Å²) in [7, 11) is 3.82. The molecule has 1 fully saturated rings. The van der Waals surface area contributed by atoms with Crippen LogP contribution >= 0.6 is 0 Å². The van der Waals surface area contributed by atoms with Crippen LogP contribution in [0.2, 0.25) is 0 Å². The number of likely N-dealkylation sites (N-methyl/N-ethyl adjacent to an activating group) is 1. The summed E-state index contributed by atoms with van der Waals surface area (Å²) in [5, 5.41) is 0. The highest BCUT2D eigenvalue weighted by molar-refractivity contribution is 5.79. The van der Waals surface area contributed by atoms with E-state index in [0.717, 1.165) is 55.3 Å². The number of piperazine rings is 1. The molecule has 1 amide bonds. The van der Waals surface area contributed by atoms with E-state index >= 15 is 0 Å². The second kappa shape index (κ2) is 9.71. The van der Waals surface area contributed by atoms with Gasteiger partial charge < -0.3 is 19.3 Å². The maximum atomic E-state index is 13.2. The van der Waals surface area contributed by atoms with Crippen molar-refractivity contribution >= 4 is 5.91 Å². The SMILES string of the molecule is COc1ccc(CC(=O)N2Cc3cc(CN4CCN(C)CC4)ccc3OC[C@@H]2C)cc1. The van der Waals surface area contributed by atoms with Crippen LogP contribution in [0, 0.1) is 0 Å². The lowest BCUT2D eigenvalue weighted by Gasteiger charge is -2.32. The molecule has 6 nitrogen and oxygen atoms in total. The van der Waals surface area contributed by atoms with Crippen LogP contribution in [0.3, 0.4) is 0 Å². The smallest absolute Gasteiger partial charge is 0.227 e. The van der Waals surface area contributed by atoms with Crippen molar-refractivity contribution in [1.82, 2.24) is 14.7 Å². The number of amides is 1. The van der Waals surface area contributed by atoms with E-state index in [0.29, 0.717) is 19.6 Å². The van der Waals surface area contributed by atoms with Crippen molar-refractivity contribution in [2.75, 3.05) is 46.9 Å². The lowest BCUT2D eigenvalue weighted by atomic mass is 10.1. The predicted molar refractivity (Wildman–Crippen MR) is 121 cm³/mol. The third-order valence-corrected chi connectivity index (χ3v) is 6.31. The molecule has 2 aliphatic heterocycles. The van der Waals surface area contributed by atoms with Gasteiger partial charge in [0.15, 0.2) is 0 Å². The molecule has 1 atom stereocenters. The van der Waals surface area contributed by atoms with Crippen molar-refractivity contribution < 1.29 is 14.3 Å². The molecule has 2 heterocycles. The summed E-state index contributed by atoms with van der Waals surface area (Å²) in [6, 6.07) is 14.2. The zero-order valence-electron chi connectivity index (χ0n) is 18.8. The van der Waals surface area contributed by atoms with Crippen molar-refractivity contribution in [2.24, 2.45) is 0 Å². The van der Waals surface area contributed by atoms with Gasteiger partial charge in [-0.1, -0.05) is 18.2 Å². The molecule has 31 heavy (non-hydrogen) atoms. The van der Waals surface area contributed by atoms with Crippen LogP contribution < -0.4 is 9.47 Å². The molecule has 4 rings (SSSR count). The van der Waals surface area contributed by atoms with E-state index in [4.69, 9.17) is 9.47 Å².